The first-order valence-electron chi connectivity index (χ1n) is 5.39. The number of rotatable bonds is 3. The molecule has 0 atom stereocenters. The Bertz CT molecular complexity index is 537. The van der Waals surface area contributed by atoms with Crippen molar-refractivity contribution in [1.82, 2.24) is 0 Å². The van der Waals surface area contributed by atoms with Crippen LogP contribution in [0.2, 0.25) is 0 Å². The van der Waals surface area contributed by atoms with Crippen molar-refractivity contribution in [3.05, 3.63) is 23.8 Å². The van der Waals surface area contributed by atoms with Crippen molar-refractivity contribution in [3.63, 3.8) is 0 Å². The summed E-state index contributed by atoms with van der Waals surface area (Å²) >= 11 is 0. The van der Waals surface area contributed by atoms with Crippen LogP contribution >= 0.6 is 0 Å². The molecule has 100 valence electrons. The Kier molecular flexibility index (Phi) is 3.48. The second-order valence-electron chi connectivity index (χ2n) is 3.81. The number of hydrogen-bond acceptors (Lipinski definition) is 5. The average molecular weight is 265 g/mol. The molecular formula is C12H11NO6. The summed E-state index contributed by atoms with van der Waals surface area (Å²) < 4.78 is 9.75. The SMILES string of the molecule is COc1cc(N2C(=O)COCC2=O)ccc1C(=O)O. The molecule has 7 heteroatoms. The lowest BCUT2D eigenvalue weighted by Gasteiger charge is -2.25. The molecule has 1 heterocycles. The summed E-state index contributed by atoms with van der Waals surface area (Å²) in [5.41, 5.74) is 0.222. The topological polar surface area (TPSA) is 93.1 Å². The summed E-state index contributed by atoms with van der Waals surface area (Å²) in [6.07, 6.45) is 0. The van der Waals surface area contributed by atoms with Crippen molar-refractivity contribution >= 4 is 23.5 Å². The van der Waals surface area contributed by atoms with Gasteiger partial charge < -0.3 is 14.6 Å². The summed E-state index contributed by atoms with van der Waals surface area (Å²) in [6, 6.07) is 4.00. The van der Waals surface area contributed by atoms with E-state index in [0.717, 1.165) is 4.90 Å². The highest BCUT2D eigenvalue weighted by Crippen LogP contribution is 2.26. The first-order chi connectivity index (χ1) is 9.04. The number of morpholine rings is 1. The first-order valence-corrected chi connectivity index (χ1v) is 5.39. The summed E-state index contributed by atoms with van der Waals surface area (Å²) in [7, 11) is 1.31. The lowest BCUT2D eigenvalue weighted by molar-refractivity contribution is -0.138. The van der Waals surface area contributed by atoms with Crippen molar-refractivity contribution in [3.8, 4) is 5.75 Å². The van der Waals surface area contributed by atoms with E-state index in [2.05, 4.69) is 0 Å². The summed E-state index contributed by atoms with van der Waals surface area (Å²) in [6.45, 7) is -0.372. The van der Waals surface area contributed by atoms with E-state index in [1.54, 1.807) is 0 Å². The molecule has 0 spiro atoms. The molecule has 1 aliphatic heterocycles. The highest BCUT2D eigenvalue weighted by atomic mass is 16.5. The highest BCUT2D eigenvalue weighted by Gasteiger charge is 2.29. The number of aromatic carboxylic acids is 1. The zero-order valence-corrected chi connectivity index (χ0v) is 10.1. The van der Waals surface area contributed by atoms with E-state index < -0.39 is 17.8 Å². The minimum Gasteiger partial charge on any atom is -0.496 e. The number of benzene rings is 1. The third-order valence-electron chi connectivity index (χ3n) is 2.62. The van der Waals surface area contributed by atoms with E-state index >= 15 is 0 Å². The molecular weight excluding hydrogens is 254 g/mol. The van der Waals surface area contributed by atoms with Gasteiger partial charge in [-0.3, -0.25) is 9.59 Å². The van der Waals surface area contributed by atoms with E-state index in [9.17, 15) is 14.4 Å². The maximum absolute atomic E-state index is 11.6. The minimum absolute atomic E-state index is 0.0422. The van der Waals surface area contributed by atoms with Crippen LogP contribution in [0, 0.1) is 0 Å². The molecule has 0 bridgehead atoms. The quantitative estimate of drug-likeness (QED) is 0.789. The first kappa shape index (κ1) is 13.0. The molecule has 1 fully saturated rings. The van der Waals surface area contributed by atoms with Gasteiger partial charge in [-0.25, -0.2) is 9.69 Å². The number of methoxy groups -OCH3 is 1. The fourth-order valence-electron chi connectivity index (χ4n) is 1.78. The molecule has 0 aromatic heterocycles. The normalized spacial score (nSPS) is 15.5. The van der Waals surface area contributed by atoms with Crippen LogP contribution in [-0.2, 0) is 14.3 Å². The third kappa shape index (κ3) is 2.41. The van der Waals surface area contributed by atoms with E-state index in [1.165, 1.54) is 25.3 Å². The maximum atomic E-state index is 11.6. The Balaban J connectivity index is 2.42. The van der Waals surface area contributed by atoms with E-state index in [4.69, 9.17) is 14.6 Å². The van der Waals surface area contributed by atoms with Gasteiger partial charge in [0.15, 0.2) is 0 Å². The third-order valence-corrected chi connectivity index (χ3v) is 2.62. The van der Waals surface area contributed by atoms with Crippen molar-refractivity contribution in [2.45, 2.75) is 0 Å². The fraction of sp³-hybridized carbons (Fsp3) is 0.250. The van der Waals surface area contributed by atoms with Gasteiger partial charge in [0.1, 0.15) is 24.5 Å². The zero-order valence-electron chi connectivity index (χ0n) is 10.1. The second-order valence-corrected chi connectivity index (χ2v) is 3.81. The van der Waals surface area contributed by atoms with Gasteiger partial charge >= 0.3 is 5.97 Å². The molecule has 0 aliphatic carbocycles. The second kappa shape index (κ2) is 5.07. The van der Waals surface area contributed by atoms with E-state index in [1.807, 2.05) is 0 Å². The Morgan fingerprint density at radius 1 is 1.32 bits per heavy atom. The van der Waals surface area contributed by atoms with Crippen LogP contribution in [0.5, 0.6) is 5.75 Å². The van der Waals surface area contributed by atoms with Gasteiger partial charge in [-0.2, -0.15) is 0 Å². The van der Waals surface area contributed by atoms with Gasteiger partial charge in [0, 0.05) is 6.07 Å². The molecule has 2 amide bonds. The molecule has 1 aromatic rings. The van der Waals surface area contributed by atoms with Gasteiger partial charge in [-0.1, -0.05) is 0 Å². The lowest BCUT2D eigenvalue weighted by atomic mass is 10.1. The number of anilines is 1. The van der Waals surface area contributed by atoms with Crippen molar-refractivity contribution in [2.24, 2.45) is 0 Å². The number of imide groups is 1. The van der Waals surface area contributed by atoms with E-state index in [-0.39, 0.29) is 30.2 Å². The molecule has 0 radical (unpaired) electrons. The lowest BCUT2D eigenvalue weighted by Crippen LogP contribution is -2.46. The molecule has 0 saturated carbocycles. The van der Waals surface area contributed by atoms with Gasteiger partial charge in [0.25, 0.3) is 11.8 Å². The number of nitrogens with zero attached hydrogens (tertiary/aromatic N) is 1. The molecule has 2 rings (SSSR count). The maximum Gasteiger partial charge on any atom is 0.339 e. The Hall–Kier alpha value is -2.41. The number of amides is 2. The van der Waals surface area contributed by atoms with Gasteiger partial charge in [-0.15, -0.1) is 0 Å². The van der Waals surface area contributed by atoms with Crippen molar-refractivity contribution in [1.29, 1.82) is 0 Å². The van der Waals surface area contributed by atoms with Gasteiger partial charge in [0.2, 0.25) is 0 Å². The standard InChI is InChI=1S/C12H11NO6/c1-18-9-4-7(2-3-8(9)12(16)17)13-10(14)5-19-6-11(13)15/h2-4H,5-6H2,1H3,(H,16,17). The Morgan fingerprint density at radius 3 is 2.47 bits per heavy atom. The van der Waals surface area contributed by atoms with Crippen LogP contribution in [0.15, 0.2) is 18.2 Å². The predicted octanol–water partition coefficient (Wildman–Crippen LogP) is 0.283. The number of carboxylic acid groups (broad SMARTS) is 1. The van der Waals surface area contributed by atoms with Crippen LogP contribution in [0.1, 0.15) is 10.4 Å². The van der Waals surface area contributed by atoms with Crippen LogP contribution in [-0.4, -0.2) is 43.2 Å². The summed E-state index contributed by atoms with van der Waals surface area (Å²) in [5, 5.41) is 8.95. The summed E-state index contributed by atoms with van der Waals surface area (Å²) in [4.78, 5) is 35.2. The molecule has 1 saturated heterocycles. The predicted molar refractivity (Wildman–Crippen MR) is 63.3 cm³/mol. The molecule has 0 unspecified atom stereocenters. The number of carboxylic acids is 1. The Morgan fingerprint density at radius 2 is 1.95 bits per heavy atom. The molecule has 19 heavy (non-hydrogen) atoms. The fourth-order valence-corrected chi connectivity index (χ4v) is 1.78. The number of hydrogen-bond donors (Lipinski definition) is 1. The van der Waals surface area contributed by atoms with Crippen LogP contribution in [0.4, 0.5) is 5.69 Å². The molecule has 1 aromatic carbocycles. The number of ether oxygens (including phenoxy) is 2. The molecule has 7 nitrogen and oxygen atoms in total. The van der Waals surface area contributed by atoms with Crippen LogP contribution in [0.3, 0.4) is 0 Å². The van der Waals surface area contributed by atoms with Gasteiger partial charge in [-0.05, 0) is 12.1 Å². The van der Waals surface area contributed by atoms with Crippen LogP contribution < -0.4 is 9.64 Å². The van der Waals surface area contributed by atoms with E-state index in [0.29, 0.717) is 0 Å². The smallest absolute Gasteiger partial charge is 0.339 e. The Labute approximate surface area is 108 Å². The summed E-state index contributed by atoms with van der Waals surface area (Å²) in [5.74, 6) is -2.07. The zero-order chi connectivity index (χ0) is 14.0. The van der Waals surface area contributed by atoms with Crippen LogP contribution in [0.25, 0.3) is 0 Å². The minimum atomic E-state index is -1.15. The average Bonchev–Trinajstić information content (AvgIpc) is 2.38. The van der Waals surface area contributed by atoms with Crippen molar-refractivity contribution in [2.75, 3.05) is 25.2 Å². The van der Waals surface area contributed by atoms with Gasteiger partial charge in [0.05, 0.1) is 12.8 Å². The molecule has 1 N–H and O–H groups in total. The molecule has 1 aliphatic rings. The number of carbonyl (C=O) groups is 3. The van der Waals surface area contributed by atoms with Crippen molar-refractivity contribution < 1.29 is 29.0 Å². The highest BCUT2D eigenvalue weighted by molar-refractivity contribution is 6.17. The largest absolute Gasteiger partial charge is 0.496 e. The monoisotopic (exact) mass is 265 g/mol. The number of carbonyl (C=O) groups excluding carboxylic acids is 2.